The number of aromatic nitrogens is 1. The largest absolute Gasteiger partial charge is 0.465 e. The normalized spacial score (nSPS) is 10.1. The number of rotatable bonds is 5. The fourth-order valence-corrected chi connectivity index (χ4v) is 1.98. The summed E-state index contributed by atoms with van der Waals surface area (Å²) in [6.45, 7) is 0. The fourth-order valence-electron chi connectivity index (χ4n) is 1.98. The maximum atomic E-state index is 12.1. The molecule has 20 heavy (non-hydrogen) atoms. The van der Waals surface area contributed by atoms with Crippen LogP contribution >= 0.6 is 0 Å². The molecule has 0 bridgehead atoms. The first-order chi connectivity index (χ1) is 9.70. The summed E-state index contributed by atoms with van der Waals surface area (Å²) in [7, 11) is 1.32. The molecule has 102 valence electrons. The lowest BCUT2D eigenvalue weighted by Gasteiger charge is -2.06. The van der Waals surface area contributed by atoms with E-state index in [0.717, 1.165) is 5.56 Å². The SMILES string of the molecule is COC(=O)c1ccncc1CC(=O)Cc1ccccc1. The lowest BCUT2D eigenvalue weighted by molar-refractivity contribution is -0.117. The summed E-state index contributed by atoms with van der Waals surface area (Å²) >= 11 is 0. The summed E-state index contributed by atoms with van der Waals surface area (Å²) in [6.07, 6.45) is 3.57. The summed E-state index contributed by atoms with van der Waals surface area (Å²) in [5, 5.41) is 0. The number of hydrogen-bond donors (Lipinski definition) is 0. The standard InChI is InChI=1S/C16H15NO3/c1-20-16(19)15-7-8-17-11-13(15)10-14(18)9-12-5-3-2-4-6-12/h2-8,11H,9-10H2,1H3. The second-order valence-electron chi connectivity index (χ2n) is 4.40. The van der Waals surface area contributed by atoms with E-state index in [2.05, 4.69) is 4.98 Å². The molecule has 4 heteroatoms. The van der Waals surface area contributed by atoms with Crippen LogP contribution in [0, 0.1) is 0 Å². The lowest BCUT2D eigenvalue weighted by atomic mass is 10.0. The van der Waals surface area contributed by atoms with E-state index < -0.39 is 5.97 Å². The van der Waals surface area contributed by atoms with Crippen molar-refractivity contribution < 1.29 is 14.3 Å². The molecule has 0 unspecified atom stereocenters. The molecule has 0 spiro atoms. The number of benzene rings is 1. The lowest BCUT2D eigenvalue weighted by Crippen LogP contribution is -2.12. The maximum Gasteiger partial charge on any atom is 0.338 e. The third-order valence-electron chi connectivity index (χ3n) is 2.94. The van der Waals surface area contributed by atoms with E-state index in [1.165, 1.54) is 19.5 Å². The molecule has 1 heterocycles. The van der Waals surface area contributed by atoms with Crippen LogP contribution in [-0.2, 0) is 22.4 Å². The van der Waals surface area contributed by atoms with E-state index in [4.69, 9.17) is 4.74 Å². The van der Waals surface area contributed by atoms with Gasteiger partial charge < -0.3 is 4.74 Å². The highest BCUT2D eigenvalue weighted by molar-refractivity contribution is 5.93. The van der Waals surface area contributed by atoms with Crippen LogP contribution in [-0.4, -0.2) is 23.8 Å². The highest BCUT2D eigenvalue weighted by atomic mass is 16.5. The average molecular weight is 269 g/mol. The van der Waals surface area contributed by atoms with Gasteiger partial charge in [-0.15, -0.1) is 0 Å². The summed E-state index contributed by atoms with van der Waals surface area (Å²) in [5.41, 5.74) is 1.95. The number of nitrogens with zero attached hydrogens (tertiary/aromatic N) is 1. The zero-order valence-corrected chi connectivity index (χ0v) is 11.2. The van der Waals surface area contributed by atoms with E-state index in [-0.39, 0.29) is 12.2 Å². The van der Waals surface area contributed by atoms with Crippen molar-refractivity contribution in [3.63, 3.8) is 0 Å². The summed E-state index contributed by atoms with van der Waals surface area (Å²) in [4.78, 5) is 27.6. The first-order valence-electron chi connectivity index (χ1n) is 6.27. The number of methoxy groups -OCH3 is 1. The van der Waals surface area contributed by atoms with Crippen molar-refractivity contribution in [1.29, 1.82) is 0 Å². The molecule has 1 aromatic heterocycles. The summed E-state index contributed by atoms with van der Waals surface area (Å²) in [5.74, 6) is -0.413. The number of ketones is 1. The highest BCUT2D eigenvalue weighted by Crippen LogP contribution is 2.11. The molecule has 0 N–H and O–H groups in total. The van der Waals surface area contributed by atoms with Gasteiger partial charge in [0.2, 0.25) is 0 Å². The van der Waals surface area contributed by atoms with Gasteiger partial charge in [0.05, 0.1) is 12.7 Å². The second kappa shape index (κ2) is 6.61. The van der Waals surface area contributed by atoms with Gasteiger partial charge in [0.1, 0.15) is 5.78 Å². The number of pyridine rings is 1. The molecular weight excluding hydrogens is 254 g/mol. The van der Waals surface area contributed by atoms with Crippen LogP contribution in [0.15, 0.2) is 48.8 Å². The maximum absolute atomic E-state index is 12.1. The molecule has 1 aromatic carbocycles. The topological polar surface area (TPSA) is 56.3 Å². The predicted octanol–water partition coefficient (Wildman–Crippen LogP) is 2.22. The van der Waals surface area contributed by atoms with Gasteiger partial charge in [-0.25, -0.2) is 4.79 Å². The Balaban J connectivity index is 2.10. The van der Waals surface area contributed by atoms with Crippen LogP contribution < -0.4 is 0 Å². The Morgan fingerprint density at radius 1 is 1.10 bits per heavy atom. The number of carbonyl (C=O) groups is 2. The van der Waals surface area contributed by atoms with E-state index in [0.29, 0.717) is 17.5 Å². The Hall–Kier alpha value is -2.49. The van der Waals surface area contributed by atoms with Crippen LogP contribution in [0.5, 0.6) is 0 Å². The molecule has 0 amide bonds. The number of ether oxygens (including phenoxy) is 1. The molecule has 0 saturated carbocycles. The third-order valence-corrected chi connectivity index (χ3v) is 2.94. The van der Waals surface area contributed by atoms with Crippen molar-refractivity contribution in [2.24, 2.45) is 0 Å². The summed E-state index contributed by atoms with van der Waals surface area (Å²) in [6, 6.07) is 11.1. The minimum atomic E-state index is -0.449. The first-order valence-corrected chi connectivity index (χ1v) is 6.27. The van der Waals surface area contributed by atoms with Gasteiger partial charge >= 0.3 is 5.97 Å². The van der Waals surface area contributed by atoms with Crippen molar-refractivity contribution in [3.05, 3.63) is 65.5 Å². The van der Waals surface area contributed by atoms with E-state index in [1.54, 1.807) is 6.07 Å². The van der Waals surface area contributed by atoms with Crippen molar-refractivity contribution >= 4 is 11.8 Å². The van der Waals surface area contributed by atoms with Gasteiger partial charge in [-0.05, 0) is 17.2 Å². The molecule has 0 radical (unpaired) electrons. The zero-order valence-electron chi connectivity index (χ0n) is 11.2. The highest BCUT2D eigenvalue weighted by Gasteiger charge is 2.14. The molecule has 0 atom stereocenters. The Bertz CT molecular complexity index is 608. The minimum Gasteiger partial charge on any atom is -0.465 e. The fraction of sp³-hybridized carbons (Fsp3) is 0.188. The van der Waals surface area contributed by atoms with E-state index in [1.807, 2.05) is 30.3 Å². The van der Waals surface area contributed by atoms with Gasteiger partial charge in [0.25, 0.3) is 0 Å². The number of carbonyl (C=O) groups excluding carboxylic acids is 2. The zero-order chi connectivity index (χ0) is 14.4. The van der Waals surface area contributed by atoms with Crippen molar-refractivity contribution in [3.8, 4) is 0 Å². The molecule has 0 aliphatic heterocycles. The van der Waals surface area contributed by atoms with Crippen LogP contribution in [0.25, 0.3) is 0 Å². The van der Waals surface area contributed by atoms with Gasteiger partial charge in [-0.1, -0.05) is 30.3 Å². The summed E-state index contributed by atoms with van der Waals surface area (Å²) < 4.78 is 4.70. The van der Waals surface area contributed by atoms with Crippen molar-refractivity contribution in [2.75, 3.05) is 7.11 Å². The molecule has 2 rings (SSSR count). The Kier molecular flexibility index (Phi) is 4.60. The van der Waals surface area contributed by atoms with Gasteiger partial charge in [0, 0.05) is 25.2 Å². The Labute approximate surface area is 117 Å². The van der Waals surface area contributed by atoms with Crippen molar-refractivity contribution in [2.45, 2.75) is 12.8 Å². The van der Waals surface area contributed by atoms with Crippen LogP contribution in [0.1, 0.15) is 21.5 Å². The molecule has 0 fully saturated rings. The second-order valence-corrected chi connectivity index (χ2v) is 4.40. The van der Waals surface area contributed by atoms with E-state index >= 15 is 0 Å². The molecule has 0 aliphatic carbocycles. The van der Waals surface area contributed by atoms with Gasteiger partial charge in [-0.2, -0.15) is 0 Å². The molecular formula is C16H15NO3. The quantitative estimate of drug-likeness (QED) is 0.781. The monoisotopic (exact) mass is 269 g/mol. The average Bonchev–Trinajstić information content (AvgIpc) is 2.48. The Morgan fingerprint density at radius 2 is 1.85 bits per heavy atom. The third kappa shape index (κ3) is 3.51. The first kappa shape index (κ1) is 13.9. The van der Waals surface area contributed by atoms with Crippen molar-refractivity contribution in [1.82, 2.24) is 4.98 Å². The molecule has 0 aliphatic rings. The number of esters is 1. The van der Waals surface area contributed by atoms with Crippen LogP contribution in [0.2, 0.25) is 0 Å². The van der Waals surface area contributed by atoms with E-state index in [9.17, 15) is 9.59 Å². The minimum absolute atomic E-state index is 0.0364. The molecule has 0 saturated heterocycles. The number of hydrogen-bond acceptors (Lipinski definition) is 4. The smallest absolute Gasteiger partial charge is 0.338 e. The van der Waals surface area contributed by atoms with Crippen LogP contribution in [0.4, 0.5) is 0 Å². The predicted molar refractivity (Wildman–Crippen MR) is 74.4 cm³/mol. The van der Waals surface area contributed by atoms with Gasteiger partial charge in [-0.3, -0.25) is 9.78 Å². The van der Waals surface area contributed by atoms with Crippen LogP contribution in [0.3, 0.4) is 0 Å². The Morgan fingerprint density at radius 3 is 2.55 bits per heavy atom. The molecule has 2 aromatic rings. The molecule has 4 nitrogen and oxygen atoms in total. The van der Waals surface area contributed by atoms with Gasteiger partial charge in [0.15, 0.2) is 0 Å². The number of Topliss-reactive ketones (excluding diaryl/α,β-unsaturated/α-hetero) is 1.